The Kier molecular flexibility index (Phi) is 2.37. The van der Waals surface area contributed by atoms with Crippen LogP contribution in [0.25, 0.3) is 5.57 Å². The van der Waals surface area contributed by atoms with Gasteiger partial charge in [-0.15, -0.1) is 0 Å². The van der Waals surface area contributed by atoms with E-state index in [1.807, 2.05) is 0 Å². The van der Waals surface area contributed by atoms with Crippen LogP contribution in [-0.4, -0.2) is 16.2 Å². The fraction of sp³-hybridized carbons (Fsp3) is 0.100. The second kappa shape index (κ2) is 3.31. The molecule has 0 aliphatic carbocycles. The summed E-state index contributed by atoms with van der Waals surface area (Å²) >= 11 is 0. The minimum absolute atomic E-state index is 0.0926. The van der Waals surface area contributed by atoms with Crippen molar-refractivity contribution in [3.63, 3.8) is 0 Å². The maximum atomic E-state index is 10.5. The van der Waals surface area contributed by atoms with E-state index in [4.69, 9.17) is 5.11 Å². The average Bonchev–Trinajstić information content (AvgIpc) is 2.03. The number of aromatic carboxylic acids is 1. The van der Waals surface area contributed by atoms with Gasteiger partial charge in [0.2, 0.25) is 0 Å². The SMILES string of the molecule is C=C(C)c1ccc(C(=O)O)c(O)c1. The van der Waals surface area contributed by atoms with Crippen LogP contribution in [0.1, 0.15) is 22.8 Å². The van der Waals surface area contributed by atoms with Gasteiger partial charge in [0, 0.05) is 0 Å². The number of carbonyl (C=O) groups is 1. The highest BCUT2D eigenvalue weighted by atomic mass is 16.4. The van der Waals surface area contributed by atoms with Crippen molar-refractivity contribution in [3.05, 3.63) is 35.9 Å². The minimum atomic E-state index is -1.13. The van der Waals surface area contributed by atoms with Gasteiger partial charge in [-0.1, -0.05) is 18.2 Å². The Labute approximate surface area is 76.0 Å². The van der Waals surface area contributed by atoms with E-state index < -0.39 is 5.97 Å². The topological polar surface area (TPSA) is 57.5 Å². The second-order valence-corrected chi connectivity index (χ2v) is 2.82. The first-order valence-corrected chi connectivity index (χ1v) is 3.74. The Balaban J connectivity index is 3.20. The van der Waals surface area contributed by atoms with E-state index in [1.54, 1.807) is 13.0 Å². The number of hydrogen-bond donors (Lipinski definition) is 2. The van der Waals surface area contributed by atoms with Crippen LogP contribution in [-0.2, 0) is 0 Å². The Morgan fingerprint density at radius 3 is 2.46 bits per heavy atom. The molecule has 0 saturated carbocycles. The largest absolute Gasteiger partial charge is 0.507 e. The highest BCUT2D eigenvalue weighted by molar-refractivity contribution is 5.91. The van der Waals surface area contributed by atoms with Gasteiger partial charge in [0.15, 0.2) is 0 Å². The summed E-state index contributed by atoms with van der Waals surface area (Å²) in [4.78, 5) is 10.5. The van der Waals surface area contributed by atoms with Crippen LogP contribution in [0, 0.1) is 0 Å². The van der Waals surface area contributed by atoms with Crippen molar-refractivity contribution >= 4 is 11.5 Å². The molecule has 68 valence electrons. The lowest BCUT2D eigenvalue weighted by Gasteiger charge is -2.02. The predicted octanol–water partition coefficient (Wildman–Crippen LogP) is 2.12. The number of benzene rings is 1. The molecule has 0 amide bonds. The Hall–Kier alpha value is -1.77. The molecular weight excluding hydrogens is 168 g/mol. The molecule has 0 aromatic heterocycles. The number of aromatic hydroxyl groups is 1. The fourth-order valence-electron chi connectivity index (χ4n) is 0.978. The van der Waals surface area contributed by atoms with Gasteiger partial charge >= 0.3 is 5.97 Å². The smallest absolute Gasteiger partial charge is 0.339 e. The number of carboxylic acid groups (broad SMARTS) is 1. The van der Waals surface area contributed by atoms with Gasteiger partial charge in [0.1, 0.15) is 11.3 Å². The summed E-state index contributed by atoms with van der Waals surface area (Å²) in [6, 6.07) is 4.37. The van der Waals surface area contributed by atoms with Crippen molar-refractivity contribution in [2.75, 3.05) is 0 Å². The van der Waals surface area contributed by atoms with E-state index in [0.29, 0.717) is 0 Å². The molecule has 13 heavy (non-hydrogen) atoms. The van der Waals surface area contributed by atoms with Gasteiger partial charge in [0.05, 0.1) is 0 Å². The lowest BCUT2D eigenvalue weighted by molar-refractivity contribution is 0.0694. The highest BCUT2D eigenvalue weighted by Crippen LogP contribution is 2.22. The third-order valence-corrected chi connectivity index (χ3v) is 1.72. The van der Waals surface area contributed by atoms with Crippen LogP contribution in [0.3, 0.4) is 0 Å². The maximum Gasteiger partial charge on any atom is 0.339 e. The number of carboxylic acids is 1. The summed E-state index contributed by atoms with van der Waals surface area (Å²) in [7, 11) is 0. The molecule has 0 atom stereocenters. The first kappa shape index (κ1) is 9.32. The summed E-state index contributed by atoms with van der Waals surface area (Å²) in [5, 5.41) is 17.9. The number of hydrogen-bond acceptors (Lipinski definition) is 2. The van der Waals surface area contributed by atoms with E-state index in [-0.39, 0.29) is 11.3 Å². The molecule has 0 heterocycles. The van der Waals surface area contributed by atoms with Gasteiger partial charge in [-0.2, -0.15) is 0 Å². The normalized spacial score (nSPS) is 9.62. The first-order chi connectivity index (χ1) is 6.02. The Morgan fingerprint density at radius 2 is 2.08 bits per heavy atom. The van der Waals surface area contributed by atoms with Crippen molar-refractivity contribution < 1.29 is 15.0 Å². The standard InChI is InChI=1S/C10H10O3/c1-6(2)7-3-4-8(10(12)13)9(11)5-7/h3-5,11H,1H2,2H3,(H,12,13). The summed E-state index contributed by atoms with van der Waals surface area (Å²) in [6.45, 7) is 5.47. The molecule has 1 aromatic rings. The molecule has 0 radical (unpaired) electrons. The summed E-state index contributed by atoms with van der Waals surface area (Å²) in [5.41, 5.74) is 1.43. The van der Waals surface area contributed by atoms with E-state index in [0.717, 1.165) is 11.1 Å². The summed E-state index contributed by atoms with van der Waals surface area (Å²) in [5.74, 6) is -1.36. The van der Waals surface area contributed by atoms with Gasteiger partial charge in [0.25, 0.3) is 0 Å². The summed E-state index contributed by atoms with van der Waals surface area (Å²) in [6.07, 6.45) is 0. The van der Waals surface area contributed by atoms with E-state index in [2.05, 4.69) is 6.58 Å². The third kappa shape index (κ3) is 1.87. The van der Waals surface area contributed by atoms with Gasteiger partial charge in [-0.3, -0.25) is 0 Å². The Morgan fingerprint density at radius 1 is 1.46 bits per heavy atom. The number of rotatable bonds is 2. The zero-order valence-electron chi connectivity index (χ0n) is 7.24. The quantitative estimate of drug-likeness (QED) is 0.729. The lowest BCUT2D eigenvalue weighted by Crippen LogP contribution is -1.96. The molecule has 1 rings (SSSR count). The van der Waals surface area contributed by atoms with Crippen molar-refractivity contribution in [3.8, 4) is 5.75 Å². The molecule has 0 unspecified atom stereocenters. The first-order valence-electron chi connectivity index (χ1n) is 3.74. The molecule has 3 heteroatoms. The van der Waals surface area contributed by atoms with Gasteiger partial charge < -0.3 is 10.2 Å². The van der Waals surface area contributed by atoms with Crippen LogP contribution in [0.4, 0.5) is 0 Å². The van der Waals surface area contributed by atoms with Crippen molar-refractivity contribution in [1.82, 2.24) is 0 Å². The lowest BCUT2D eigenvalue weighted by atomic mass is 10.1. The number of allylic oxidation sites excluding steroid dienone is 1. The minimum Gasteiger partial charge on any atom is -0.507 e. The second-order valence-electron chi connectivity index (χ2n) is 2.82. The van der Waals surface area contributed by atoms with Crippen molar-refractivity contribution in [2.45, 2.75) is 6.92 Å². The van der Waals surface area contributed by atoms with Crippen molar-refractivity contribution in [1.29, 1.82) is 0 Å². The van der Waals surface area contributed by atoms with E-state index in [1.165, 1.54) is 12.1 Å². The van der Waals surface area contributed by atoms with Crippen LogP contribution in [0.5, 0.6) is 5.75 Å². The van der Waals surface area contributed by atoms with Gasteiger partial charge in [-0.25, -0.2) is 4.79 Å². The summed E-state index contributed by atoms with van der Waals surface area (Å²) < 4.78 is 0. The van der Waals surface area contributed by atoms with Crippen LogP contribution in [0.15, 0.2) is 24.8 Å². The fourth-order valence-corrected chi connectivity index (χ4v) is 0.978. The van der Waals surface area contributed by atoms with E-state index in [9.17, 15) is 9.90 Å². The van der Waals surface area contributed by atoms with Gasteiger partial charge in [-0.05, 0) is 24.6 Å². The molecule has 0 bridgehead atoms. The Bertz CT molecular complexity index is 366. The molecule has 3 nitrogen and oxygen atoms in total. The molecule has 0 aliphatic heterocycles. The molecule has 0 aliphatic rings. The molecule has 0 spiro atoms. The van der Waals surface area contributed by atoms with Crippen LogP contribution >= 0.6 is 0 Å². The van der Waals surface area contributed by atoms with E-state index >= 15 is 0 Å². The molecular formula is C10H10O3. The molecule has 2 N–H and O–H groups in total. The molecule has 0 fully saturated rings. The predicted molar refractivity (Wildman–Crippen MR) is 49.8 cm³/mol. The third-order valence-electron chi connectivity index (χ3n) is 1.72. The van der Waals surface area contributed by atoms with Crippen LogP contribution in [0.2, 0.25) is 0 Å². The zero-order chi connectivity index (χ0) is 10.0. The monoisotopic (exact) mass is 178 g/mol. The number of phenols is 1. The molecule has 0 saturated heterocycles. The van der Waals surface area contributed by atoms with Crippen molar-refractivity contribution in [2.24, 2.45) is 0 Å². The maximum absolute atomic E-state index is 10.5. The average molecular weight is 178 g/mol. The molecule has 1 aromatic carbocycles. The highest BCUT2D eigenvalue weighted by Gasteiger charge is 2.09. The van der Waals surface area contributed by atoms with Crippen LogP contribution < -0.4 is 0 Å². The zero-order valence-corrected chi connectivity index (χ0v) is 7.24.